The Labute approximate surface area is 94.8 Å². The zero-order chi connectivity index (χ0) is 12.2. The van der Waals surface area contributed by atoms with E-state index in [1.807, 2.05) is 13.8 Å². The molecule has 90 valence electrons. The maximum Gasteiger partial charge on any atom is 0.146 e. The predicted molar refractivity (Wildman–Crippen MR) is 62.3 cm³/mol. The van der Waals surface area contributed by atoms with Gasteiger partial charge >= 0.3 is 0 Å². The van der Waals surface area contributed by atoms with Crippen LogP contribution in [0.15, 0.2) is 18.2 Å². The Morgan fingerprint density at radius 2 is 2.00 bits per heavy atom. The Hall–Kier alpha value is -1.16. The van der Waals surface area contributed by atoms with Gasteiger partial charge in [0.25, 0.3) is 0 Å². The molecule has 3 N–H and O–H groups in total. The van der Waals surface area contributed by atoms with Crippen molar-refractivity contribution in [3.05, 3.63) is 29.8 Å². The van der Waals surface area contributed by atoms with Crippen molar-refractivity contribution in [3.63, 3.8) is 0 Å². The molecule has 0 fully saturated rings. The monoisotopic (exact) mass is 228 g/mol. The van der Waals surface area contributed by atoms with Crippen LogP contribution in [0, 0.1) is 17.0 Å². The normalized spacial score (nSPS) is 11.6. The van der Waals surface area contributed by atoms with Crippen LogP contribution in [0.4, 0.5) is 14.5 Å². The van der Waals surface area contributed by atoms with Gasteiger partial charge in [-0.1, -0.05) is 13.8 Å². The average molecular weight is 228 g/mol. The molecule has 0 atom stereocenters. The first-order valence-corrected chi connectivity index (χ1v) is 5.33. The molecule has 0 aliphatic heterocycles. The fraction of sp³-hybridized carbons (Fsp3) is 0.500. The van der Waals surface area contributed by atoms with Crippen LogP contribution >= 0.6 is 0 Å². The van der Waals surface area contributed by atoms with Crippen LogP contribution < -0.4 is 11.1 Å². The van der Waals surface area contributed by atoms with E-state index in [4.69, 9.17) is 5.73 Å². The number of hydrogen-bond donors (Lipinski definition) is 2. The van der Waals surface area contributed by atoms with Crippen molar-refractivity contribution in [2.45, 2.75) is 20.3 Å². The van der Waals surface area contributed by atoms with E-state index in [9.17, 15) is 8.78 Å². The number of anilines is 1. The fourth-order valence-corrected chi connectivity index (χ4v) is 1.27. The van der Waals surface area contributed by atoms with Gasteiger partial charge in [-0.15, -0.1) is 0 Å². The molecule has 1 aromatic carbocycles. The van der Waals surface area contributed by atoms with E-state index in [0.717, 1.165) is 24.6 Å². The van der Waals surface area contributed by atoms with Crippen LogP contribution in [-0.2, 0) is 0 Å². The van der Waals surface area contributed by atoms with Gasteiger partial charge < -0.3 is 11.1 Å². The van der Waals surface area contributed by atoms with Crippen LogP contribution in [0.1, 0.15) is 20.3 Å². The summed E-state index contributed by atoms with van der Waals surface area (Å²) in [5.41, 5.74) is 5.79. The molecule has 16 heavy (non-hydrogen) atoms. The van der Waals surface area contributed by atoms with E-state index in [0.29, 0.717) is 13.1 Å². The highest BCUT2D eigenvalue weighted by Crippen LogP contribution is 2.20. The molecule has 0 amide bonds. The minimum Gasteiger partial charge on any atom is -0.383 e. The van der Waals surface area contributed by atoms with Crippen LogP contribution in [0.25, 0.3) is 0 Å². The molecular formula is C12H18F2N2. The molecule has 1 rings (SSSR count). The molecule has 2 nitrogen and oxygen atoms in total. The number of rotatable bonds is 5. The van der Waals surface area contributed by atoms with E-state index in [-0.39, 0.29) is 11.1 Å². The molecule has 1 aromatic rings. The Morgan fingerprint density at radius 3 is 2.62 bits per heavy atom. The second kappa shape index (κ2) is 5.25. The van der Waals surface area contributed by atoms with Crippen LogP contribution in [0.3, 0.4) is 0 Å². The van der Waals surface area contributed by atoms with Crippen molar-refractivity contribution in [3.8, 4) is 0 Å². The predicted octanol–water partition coefficient (Wildman–Crippen LogP) is 2.75. The fourth-order valence-electron chi connectivity index (χ4n) is 1.27. The molecule has 0 unspecified atom stereocenters. The summed E-state index contributed by atoms with van der Waals surface area (Å²) in [6.07, 6.45) is 0.805. The second-order valence-corrected chi connectivity index (χ2v) is 4.67. The zero-order valence-corrected chi connectivity index (χ0v) is 9.69. The third-order valence-electron chi connectivity index (χ3n) is 2.60. The van der Waals surface area contributed by atoms with Gasteiger partial charge in [0.1, 0.15) is 11.6 Å². The minimum absolute atomic E-state index is 0.0107. The van der Waals surface area contributed by atoms with E-state index in [2.05, 4.69) is 5.32 Å². The van der Waals surface area contributed by atoms with Gasteiger partial charge in [-0.25, -0.2) is 8.78 Å². The second-order valence-electron chi connectivity index (χ2n) is 4.67. The molecular weight excluding hydrogens is 210 g/mol. The minimum atomic E-state index is -0.443. The first-order valence-electron chi connectivity index (χ1n) is 5.33. The van der Waals surface area contributed by atoms with Gasteiger partial charge in [-0.2, -0.15) is 0 Å². The summed E-state index contributed by atoms with van der Waals surface area (Å²) in [7, 11) is 0. The summed E-state index contributed by atoms with van der Waals surface area (Å²) in [5, 5.41) is 2.87. The summed E-state index contributed by atoms with van der Waals surface area (Å²) in [5.74, 6) is -0.881. The van der Waals surface area contributed by atoms with E-state index in [1.54, 1.807) is 0 Å². The standard InChI is InChI=1S/C12H18F2N2/c1-12(2,8-15)5-6-16-11-7-9(13)3-4-10(11)14/h3-4,7,16H,5-6,8,15H2,1-2H3. The summed E-state index contributed by atoms with van der Waals surface area (Å²) in [4.78, 5) is 0. The van der Waals surface area contributed by atoms with Crippen molar-refractivity contribution < 1.29 is 8.78 Å². The molecule has 0 aliphatic carbocycles. The lowest BCUT2D eigenvalue weighted by Crippen LogP contribution is -2.26. The van der Waals surface area contributed by atoms with Crippen LogP contribution in [0.2, 0.25) is 0 Å². The molecule has 0 heterocycles. The van der Waals surface area contributed by atoms with Crippen molar-refractivity contribution in [1.29, 1.82) is 0 Å². The topological polar surface area (TPSA) is 38.0 Å². The highest BCUT2D eigenvalue weighted by molar-refractivity contribution is 5.44. The van der Waals surface area contributed by atoms with Gasteiger partial charge in [-0.3, -0.25) is 0 Å². The third kappa shape index (κ3) is 3.77. The number of hydrogen-bond acceptors (Lipinski definition) is 2. The zero-order valence-electron chi connectivity index (χ0n) is 9.69. The summed E-state index contributed by atoms with van der Waals surface area (Å²) in [6, 6.07) is 3.38. The summed E-state index contributed by atoms with van der Waals surface area (Å²) in [6.45, 7) is 5.22. The van der Waals surface area contributed by atoms with E-state index < -0.39 is 11.6 Å². The van der Waals surface area contributed by atoms with E-state index >= 15 is 0 Å². The maximum absolute atomic E-state index is 13.2. The van der Waals surface area contributed by atoms with Crippen LogP contribution in [0.5, 0.6) is 0 Å². The van der Waals surface area contributed by atoms with Gasteiger partial charge in [-0.05, 0) is 36.6 Å². The van der Waals surface area contributed by atoms with Gasteiger partial charge in [0.15, 0.2) is 0 Å². The first-order chi connectivity index (χ1) is 7.44. The summed E-state index contributed by atoms with van der Waals surface area (Å²) >= 11 is 0. The lowest BCUT2D eigenvalue weighted by molar-refractivity contribution is 0.358. The molecule has 0 saturated carbocycles. The van der Waals surface area contributed by atoms with Crippen molar-refractivity contribution in [2.75, 3.05) is 18.4 Å². The Morgan fingerprint density at radius 1 is 1.31 bits per heavy atom. The SMILES string of the molecule is CC(C)(CN)CCNc1cc(F)ccc1F. The maximum atomic E-state index is 13.2. The van der Waals surface area contributed by atoms with Crippen molar-refractivity contribution >= 4 is 5.69 Å². The molecule has 0 saturated heterocycles. The van der Waals surface area contributed by atoms with Gasteiger partial charge in [0.2, 0.25) is 0 Å². The number of nitrogens with two attached hydrogens (primary N) is 1. The molecule has 4 heteroatoms. The lowest BCUT2D eigenvalue weighted by Gasteiger charge is -2.22. The highest BCUT2D eigenvalue weighted by Gasteiger charge is 2.14. The first kappa shape index (κ1) is 12.9. The number of nitrogens with one attached hydrogen (secondary N) is 1. The smallest absolute Gasteiger partial charge is 0.146 e. The number of benzene rings is 1. The Bertz CT molecular complexity index is 351. The van der Waals surface area contributed by atoms with Crippen molar-refractivity contribution in [1.82, 2.24) is 0 Å². The Balaban J connectivity index is 2.52. The van der Waals surface area contributed by atoms with Crippen molar-refractivity contribution in [2.24, 2.45) is 11.1 Å². The molecule has 0 aromatic heterocycles. The van der Waals surface area contributed by atoms with E-state index in [1.165, 1.54) is 0 Å². The van der Waals surface area contributed by atoms with Gasteiger partial charge in [0.05, 0.1) is 5.69 Å². The number of halogens is 2. The lowest BCUT2D eigenvalue weighted by atomic mass is 9.90. The average Bonchev–Trinajstić information content (AvgIpc) is 2.23. The molecule has 0 radical (unpaired) electrons. The largest absolute Gasteiger partial charge is 0.383 e. The van der Waals surface area contributed by atoms with Crippen LogP contribution in [-0.4, -0.2) is 13.1 Å². The third-order valence-corrected chi connectivity index (χ3v) is 2.60. The molecule has 0 spiro atoms. The summed E-state index contributed by atoms with van der Waals surface area (Å²) < 4.78 is 26.1. The Kier molecular flexibility index (Phi) is 4.24. The molecule has 0 aliphatic rings. The van der Waals surface area contributed by atoms with Gasteiger partial charge in [0, 0.05) is 6.54 Å². The highest BCUT2D eigenvalue weighted by atomic mass is 19.1. The molecule has 0 bridgehead atoms. The quantitative estimate of drug-likeness (QED) is 0.813.